The molecule has 1 aromatic carbocycles. The molecule has 118 valence electrons. The highest BCUT2D eigenvalue weighted by Gasteiger charge is 2.30. The lowest BCUT2D eigenvalue weighted by Crippen LogP contribution is -2.39. The van der Waals surface area contributed by atoms with E-state index in [-0.39, 0.29) is 16.1 Å². The van der Waals surface area contributed by atoms with Crippen LogP contribution in [-0.4, -0.2) is 39.5 Å². The average molecular weight is 316 g/mol. The van der Waals surface area contributed by atoms with E-state index in [1.165, 1.54) is 17.3 Å². The third-order valence-corrected chi connectivity index (χ3v) is 5.85. The van der Waals surface area contributed by atoms with Crippen LogP contribution >= 0.6 is 0 Å². The first kappa shape index (κ1) is 16.2. The number of methoxy groups -OCH3 is 1. The summed E-state index contributed by atoms with van der Waals surface area (Å²) in [6.45, 7) is 3.01. The maximum Gasteiger partial charge on any atom is 0.243 e. The van der Waals surface area contributed by atoms with Gasteiger partial charge in [0.1, 0.15) is 5.82 Å². The van der Waals surface area contributed by atoms with Gasteiger partial charge in [0.25, 0.3) is 0 Å². The van der Waals surface area contributed by atoms with Crippen molar-refractivity contribution >= 4 is 15.7 Å². The summed E-state index contributed by atoms with van der Waals surface area (Å²) in [6.07, 6.45) is 1.49. The van der Waals surface area contributed by atoms with Gasteiger partial charge >= 0.3 is 0 Å². The molecule has 1 aliphatic heterocycles. The quantitative estimate of drug-likeness (QED) is 0.859. The molecule has 0 aromatic heterocycles. The molecule has 0 spiro atoms. The lowest BCUT2D eigenvalue weighted by Gasteiger charge is -2.31. The Labute approximate surface area is 124 Å². The molecule has 2 N–H and O–H groups in total. The second-order valence-electron chi connectivity index (χ2n) is 5.42. The number of nitrogens with zero attached hydrogens (tertiary/aromatic N) is 1. The predicted molar refractivity (Wildman–Crippen MR) is 78.9 cm³/mol. The number of anilines is 1. The van der Waals surface area contributed by atoms with Gasteiger partial charge in [0.2, 0.25) is 10.0 Å². The zero-order chi connectivity index (χ0) is 15.6. The summed E-state index contributed by atoms with van der Waals surface area (Å²) < 4.78 is 45.3. The number of ether oxygens (including phenoxy) is 1. The standard InChI is InChI=1S/C14H21FN2O3S/c1-10-13(15)7-12(8-14(10)16)21(18,19)17-5-3-11(4-6-17)9-20-2/h7-8,11H,3-6,9,16H2,1-2H3. The van der Waals surface area contributed by atoms with Gasteiger partial charge in [-0.25, -0.2) is 12.8 Å². The summed E-state index contributed by atoms with van der Waals surface area (Å²) in [4.78, 5) is -0.0757. The summed E-state index contributed by atoms with van der Waals surface area (Å²) >= 11 is 0. The highest BCUT2D eigenvalue weighted by Crippen LogP contribution is 2.27. The van der Waals surface area contributed by atoms with E-state index in [4.69, 9.17) is 10.5 Å². The summed E-state index contributed by atoms with van der Waals surface area (Å²) in [5.74, 6) is -0.218. The van der Waals surface area contributed by atoms with Crippen LogP contribution in [0.1, 0.15) is 18.4 Å². The molecular formula is C14H21FN2O3S. The van der Waals surface area contributed by atoms with Crippen molar-refractivity contribution in [2.75, 3.05) is 32.5 Å². The van der Waals surface area contributed by atoms with Gasteiger partial charge < -0.3 is 10.5 Å². The van der Waals surface area contributed by atoms with Crippen molar-refractivity contribution in [3.8, 4) is 0 Å². The van der Waals surface area contributed by atoms with Crippen molar-refractivity contribution in [1.29, 1.82) is 0 Å². The van der Waals surface area contributed by atoms with Crippen LogP contribution < -0.4 is 5.73 Å². The van der Waals surface area contributed by atoms with Crippen LogP contribution in [-0.2, 0) is 14.8 Å². The van der Waals surface area contributed by atoms with E-state index in [1.54, 1.807) is 7.11 Å². The number of hydrogen-bond donors (Lipinski definition) is 1. The molecule has 1 saturated heterocycles. The molecule has 1 aromatic rings. The highest BCUT2D eigenvalue weighted by atomic mass is 32.2. The van der Waals surface area contributed by atoms with Crippen molar-refractivity contribution in [3.63, 3.8) is 0 Å². The van der Waals surface area contributed by atoms with Crippen molar-refractivity contribution in [1.82, 2.24) is 4.31 Å². The van der Waals surface area contributed by atoms with Gasteiger partial charge in [0, 0.05) is 38.1 Å². The van der Waals surface area contributed by atoms with Crippen LogP contribution in [0, 0.1) is 18.7 Å². The van der Waals surface area contributed by atoms with E-state index in [0.717, 1.165) is 18.9 Å². The van der Waals surface area contributed by atoms with Crippen LogP contribution in [0.3, 0.4) is 0 Å². The Bertz CT molecular complexity index is 588. The largest absolute Gasteiger partial charge is 0.398 e. The second kappa shape index (κ2) is 6.29. The fourth-order valence-electron chi connectivity index (χ4n) is 2.52. The molecule has 1 aliphatic rings. The van der Waals surface area contributed by atoms with Gasteiger partial charge in [0.05, 0.1) is 4.90 Å². The van der Waals surface area contributed by atoms with E-state index in [2.05, 4.69) is 0 Å². The molecule has 0 aliphatic carbocycles. The molecule has 0 atom stereocenters. The molecule has 2 rings (SSSR count). The minimum atomic E-state index is -3.69. The molecular weight excluding hydrogens is 295 g/mol. The fourth-order valence-corrected chi connectivity index (χ4v) is 4.04. The average Bonchev–Trinajstić information content (AvgIpc) is 2.45. The number of nitrogen functional groups attached to an aromatic ring is 1. The first-order valence-electron chi connectivity index (χ1n) is 6.91. The van der Waals surface area contributed by atoms with Crippen LogP contribution in [0.25, 0.3) is 0 Å². The maximum atomic E-state index is 13.7. The Kier molecular flexibility index (Phi) is 4.85. The minimum absolute atomic E-state index is 0.0757. The topological polar surface area (TPSA) is 72.6 Å². The Morgan fingerprint density at radius 3 is 2.52 bits per heavy atom. The molecule has 21 heavy (non-hydrogen) atoms. The van der Waals surface area contributed by atoms with E-state index in [0.29, 0.717) is 25.6 Å². The Balaban J connectivity index is 2.20. The Hall–Kier alpha value is -1.18. The molecule has 7 heteroatoms. The molecule has 1 heterocycles. The molecule has 0 unspecified atom stereocenters. The third kappa shape index (κ3) is 3.36. The highest BCUT2D eigenvalue weighted by molar-refractivity contribution is 7.89. The fraction of sp³-hybridized carbons (Fsp3) is 0.571. The van der Waals surface area contributed by atoms with Gasteiger partial charge in [-0.1, -0.05) is 0 Å². The summed E-state index contributed by atoms with van der Waals surface area (Å²) in [5, 5.41) is 0. The SMILES string of the molecule is COCC1CCN(S(=O)(=O)c2cc(N)c(C)c(F)c2)CC1. The second-order valence-corrected chi connectivity index (χ2v) is 7.36. The monoisotopic (exact) mass is 316 g/mol. The number of piperidine rings is 1. The van der Waals surface area contributed by atoms with Crippen LogP contribution in [0.2, 0.25) is 0 Å². The van der Waals surface area contributed by atoms with E-state index < -0.39 is 15.8 Å². The number of rotatable bonds is 4. The lowest BCUT2D eigenvalue weighted by molar-refractivity contribution is 0.121. The predicted octanol–water partition coefficient (Wildman–Crippen LogP) is 1.76. The summed E-state index contributed by atoms with van der Waals surface area (Å²) in [6, 6.07) is 2.37. The van der Waals surface area contributed by atoms with Gasteiger partial charge in [0.15, 0.2) is 0 Å². The zero-order valence-electron chi connectivity index (χ0n) is 12.3. The zero-order valence-corrected chi connectivity index (χ0v) is 13.1. The molecule has 0 bridgehead atoms. The molecule has 0 radical (unpaired) electrons. The molecule has 0 saturated carbocycles. The summed E-state index contributed by atoms with van der Waals surface area (Å²) in [7, 11) is -2.05. The van der Waals surface area contributed by atoms with Crippen molar-refractivity contribution in [3.05, 3.63) is 23.5 Å². The molecule has 0 amide bonds. The molecule has 5 nitrogen and oxygen atoms in total. The normalized spacial score (nSPS) is 18.0. The van der Waals surface area contributed by atoms with Gasteiger partial charge in [-0.2, -0.15) is 4.31 Å². The number of halogens is 1. The first-order valence-corrected chi connectivity index (χ1v) is 8.35. The number of nitrogens with two attached hydrogens (primary N) is 1. The van der Waals surface area contributed by atoms with Crippen LogP contribution in [0.4, 0.5) is 10.1 Å². The number of sulfonamides is 1. The third-order valence-electron chi connectivity index (χ3n) is 3.97. The summed E-state index contributed by atoms with van der Waals surface area (Å²) in [5.41, 5.74) is 6.10. The number of hydrogen-bond acceptors (Lipinski definition) is 4. The van der Waals surface area contributed by atoms with Gasteiger partial charge in [-0.05, 0) is 37.8 Å². The van der Waals surface area contributed by atoms with E-state index >= 15 is 0 Å². The first-order chi connectivity index (χ1) is 9.86. The van der Waals surface area contributed by atoms with Gasteiger partial charge in [-0.3, -0.25) is 0 Å². The minimum Gasteiger partial charge on any atom is -0.398 e. The Morgan fingerprint density at radius 1 is 1.38 bits per heavy atom. The van der Waals surface area contributed by atoms with Crippen LogP contribution in [0.15, 0.2) is 17.0 Å². The van der Waals surface area contributed by atoms with Gasteiger partial charge in [-0.15, -0.1) is 0 Å². The maximum absolute atomic E-state index is 13.7. The van der Waals surface area contributed by atoms with E-state index in [9.17, 15) is 12.8 Å². The smallest absolute Gasteiger partial charge is 0.243 e. The number of benzene rings is 1. The van der Waals surface area contributed by atoms with Crippen molar-refractivity contribution in [2.24, 2.45) is 5.92 Å². The van der Waals surface area contributed by atoms with E-state index in [1.807, 2.05) is 0 Å². The molecule has 1 fully saturated rings. The van der Waals surface area contributed by atoms with Crippen molar-refractivity contribution < 1.29 is 17.5 Å². The van der Waals surface area contributed by atoms with Crippen molar-refractivity contribution in [2.45, 2.75) is 24.7 Å². The lowest BCUT2D eigenvalue weighted by atomic mass is 9.99. The Morgan fingerprint density at radius 2 is 2.00 bits per heavy atom. The van der Waals surface area contributed by atoms with Crippen LogP contribution in [0.5, 0.6) is 0 Å².